The Labute approximate surface area is 138 Å². The van der Waals surface area contributed by atoms with Crippen LogP contribution in [-0.2, 0) is 0 Å². The molecule has 3 aromatic rings. The number of para-hydroxylation sites is 2. The number of H-pyrrole nitrogens is 1. The highest BCUT2D eigenvalue weighted by molar-refractivity contribution is 5.92. The molecule has 0 aliphatic carbocycles. The Bertz CT molecular complexity index is 954. The summed E-state index contributed by atoms with van der Waals surface area (Å²) in [5.41, 5.74) is 2.22. The smallest absolute Gasteiger partial charge is 0.268 e. The molecule has 1 heterocycles. The number of nitrogens with zero attached hydrogens (tertiary/aromatic N) is 2. The lowest BCUT2D eigenvalue weighted by Gasteiger charge is -2.10. The number of aliphatic imine (C=N–C) groups is 1. The van der Waals surface area contributed by atoms with E-state index in [1.54, 1.807) is 12.4 Å². The summed E-state index contributed by atoms with van der Waals surface area (Å²) in [4.78, 5) is 18.9. The highest BCUT2D eigenvalue weighted by Crippen LogP contribution is 2.22. The summed E-state index contributed by atoms with van der Waals surface area (Å²) < 4.78 is 0. The van der Waals surface area contributed by atoms with E-state index in [1.165, 1.54) is 0 Å². The van der Waals surface area contributed by atoms with Crippen LogP contribution in [0.5, 0.6) is 0 Å². The molecule has 0 atom stereocenters. The van der Waals surface area contributed by atoms with E-state index in [0.717, 1.165) is 11.4 Å². The van der Waals surface area contributed by atoms with Crippen molar-refractivity contribution in [3.05, 3.63) is 88.3 Å². The second kappa shape index (κ2) is 7.07. The summed E-state index contributed by atoms with van der Waals surface area (Å²) in [6, 6.07) is 20.8. The van der Waals surface area contributed by atoms with Gasteiger partial charge in [0.1, 0.15) is 11.6 Å². The molecular formula is C19H14N4O. The Hall–Kier alpha value is -3.65. The van der Waals surface area contributed by atoms with Crippen LogP contribution >= 0.6 is 0 Å². The lowest BCUT2D eigenvalue weighted by molar-refractivity contribution is 1.21. The molecule has 0 bridgehead atoms. The minimum Gasteiger partial charge on any atom is -0.354 e. The molecule has 116 valence electrons. The van der Waals surface area contributed by atoms with E-state index >= 15 is 0 Å². The van der Waals surface area contributed by atoms with E-state index in [4.69, 9.17) is 0 Å². The van der Waals surface area contributed by atoms with E-state index in [0.29, 0.717) is 11.3 Å². The Morgan fingerprint density at radius 3 is 2.38 bits per heavy atom. The third kappa shape index (κ3) is 3.39. The first-order valence-corrected chi connectivity index (χ1v) is 7.35. The zero-order valence-corrected chi connectivity index (χ0v) is 12.7. The number of pyridine rings is 1. The lowest BCUT2D eigenvalue weighted by atomic mass is 10.1. The summed E-state index contributed by atoms with van der Waals surface area (Å²) in [5, 5.41) is 12.5. The standard InChI is InChI=1S/C19H14N4O/c20-11-17-18(23-16-9-5-2-6-10-16)14(13-22-19(17)24)12-21-15-7-3-1-4-8-15/h1-10,12-13H,(H2,22,23,24). The molecule has 24 heavy (non-hydrogen) atoms. The van der Waals surface area contributed by atoms with Crippen molar-refractivity contribution in [2.24, 2.45) is 4.99 Å². The molecule has 0 aliphatic rings. The van der Waals surface area contributed by atoms with Crippen molar-refractivity contribution < 1.29 is 0 Å². The maximum atomic E-state index is 11.9. The van der Waals surface area contributed by atoms with E-state index in [9.17, 15) is 10.1 Å². The Morgan fingerprint density at radius 1 is 1.04 bits per heavy atom. The third-order valence-corrected chi connectivity index (χ3v) is 3.39. The molecule has 5 nitrogen and oxygen atoms in total. The van der Waals surface area contributed by atoms with Gasteiger partial charge < -0.3 is 10.3 Å². The molecule has 0 spiro atoms. The van der Waals surface area contributed by atoms with Gasteiger partial charge in [-0.1, -0.05) is 36.4 Å². The number of hydrogen-bond donors (Lipinski definition) is 2. The largest absolute Gasteiger partial charge is 0.354 e. The molecule has 0 amide bonds. The van der Waals surface area contributed by atoms with Gasteiger partial charge in [0.05, 0.1) is 11.4 Å². The van der Waals surface area contributed by atoms with Gasteiger partial charge in [-0.3, -0.25) is 9.79 Å². The molecule has 2 aromatic carbocycles. The van der Waals surface area contributed by atoms with Gasteiger partial charge in [0, 0.05) is 23.7 Å². The molecule has 0 saturated heterocycles. The molecule has 2 N–H and O–H groups in total. The third-order valence-electron chi connectivity index (χ3n) is 3.39. The highest BCUT2D eigenvalue weighted by atomic mass is 16.1. The molecular weight excluding hydrogens is 300 g/mol. The van der Waals surface area contributed by atoms with Gasteiger partial charge in [-0.15, -0.1) is 0 Å². The number of aromatic amines is 1. The fraction of sp³-hybridized carbons (Fsp3) is 0. The van der Waals surface area contributed by atoms with Crippen LogP contribution in [0, 0.1) is 11.3 Å². The molecule has 5 heteroatoms. The van der Waals surface area contributed by atoms with Crippen LogP contribution in [0.3, 0.4) is 0 Å². The van der Waals surface area contributed by atoms with Crippen LogP contribution in [0.2, 0.25) is 0 Å². The second-order valence-electron chi connectivity index (χ2n) is 5.02. The number of benzene rings is 2. The fourth-order valence-electron chi connectivity index (χ4n) is 2.21. The first kappa shape index (κ1) is 15.3. The van der Waals surface area contributed by atoms with Gasteiger partial charge in [-0.25, -0.2) is 0 Å². The van der Waals surface area contributed by atoms with E-state index in [1.807, 2.05) is 66.7 Å². The van der Waals surface area contributed by atoms with Crippen LogP contribution in [0.4, 0.5) is 17.1 Å². The minimum absolute atomic E-state index is 0.0239. The maximum absolute atomic E-state index is 11.9. The zero-order valence-electron chi connectivity index (χ0n) is 12.7. The first-order valence-electron chi connectivity index (χ1n) is 7.35. The summed E-state index contributed by atoms with van der Waals surface area (Å²) in [7, 11) is 0. The SMILES string of the molecule is N#Cc1c(Nc2ccccc2)c(C=Nc2ccccc2)c[nH]c1=O. The lowest BCUT2D eigenvalue weighted by Crippen LogP contribution is -2.14. The molecule has 3 rings (SSSR count). The fourth-order valence-corrected chi connectivity index (χ4v) is 2.21. The monoisotopic (exact) mass is 314 g/mol. The molecule has 0 aliphatic heterocycles. The first-order chi connectivity index (χ1) is 11.8. The number of aromatic nitrogens is 1. The average Bonchev–Trinajstić information content (AvgIpc) is 2.63. The van der Waals surface area contributed by atoms with Gasteiger partial charge >= 0.3 is 0 Å². The summed E-state index contributed by atoms with van der Waals surface area (Å²) in [6.07, 6.45) is 3.16. The summed E-state index contributed by atoms with van der Waals surface area (Å²) in [5.74, 6) is 0. The molecule has 0 saturated carbocycles. The molecule has 1 aromatic heterocycles. The van der Waals surface area contributed by atoms with Crippen molar-refractivity contribution in [1.82, 2.24) is 4.98 Å². The maximum Gasteiger partial charge on any atom is 0.268 e. The van der Waals surface area contributed by atoms with Crippen molar-refractivity contribution in [3.8, 4) is 6.07 Å². The van der Waals surface area contributed by atoms with Crippen molar-refractivity contribution in [1.29, 1.82) is 5.26 Å². The van der Waals surface area contributed by atoms with Crippen LogP contribution in [0.25, 0.3) is 0 Å². The highest BCUT2D eigenvalue weighted by Gasteiger charge is 2.11. The van der Waals surface area contributed by atoms with Crippen molar-refractivity contribution >= 4 is 23.3 Å². The quantitative estimate of drug-likeness (QED) is 0.720. The van der Waals surface area contributed by atoms with E-state index in [-0.39, 0.29) is 5.56 Å². The normalized spacial score (nSPS) is 10.5. The van der Waals surface area contributed by atoms with Crippen LogP contribution in [0.15, 0.2) is 76.6 Å². The Balaban J connectivity index is 2.04. The molecule has 0 unspecified atom stereocenters. The van der Waals surface area contributed by atoms with E-state index in [2.05, 4.69) is 15.3 Å². The van der Waals surface area contributed by atoms with Crippen LogP contribution in [-0.4, -0.2) is 11.2 Å². The van der Waals surface area contributed by atoms with Crippen LogP contribution < -0.4 is 10.9 Å². The summed E-state index contributed by atoms with van der Waals surface area (Å²) in [6.45, 7) is 0. The molecule has 0 fully saturated rings. The summed E-state index contributed by atoms with van der Waals surface area (Å²) >= 11 is 0. The van der Waals surface area contributed by atoms with Gasteiger partial charge in [0.2, 0.25) is 0 Å². The number of nitriles is 1. The van der Waals surface area contributed by atoms with Crippen molar-refractivity contribution in [3.63, 3.8) is 0 Å². The van der Waals surface area contributed by atoms with Crippen molar-refractivity contribution in [2.45, 2.75) is 0 Å². The molecule has 0 radical (unpaired) electrons. The number of nitrogens with one attached hydrogen (secondary N) is 2. The predicted molar refractivity (Wildman–Crippen MR) is 95.2 cm³/mol. The Morgan fingerprint density at radius 2 is 1.71 bits per heavy atom. The zero-order chi connectivity index (χ0) is 16.8. The topological polar surface area (TPSA) is 81.0 Å². The number of hydrogen-bond acceptors (Lipinski definition) is 4. The minimum atomic E-state index is -0.437. The predicted octanol–water partition coefficient (Wildman–Crippen LogP) is 3.74. The average molecular weight is 314 g/mol. The van der Waals surface area contributed by atoms with Gasteiger partial charge in [-0.2, -0.15) is 5.26 Å². The van der Waals surface area contributed by atoms with E-state index < -0.39 is 5.56 Å². The second-order valence-corrected chi connectivity index (χ2v) is 5.02. The van der Waals surface area contributed by atoms with Crippen molar-refractivity contribution in [2.75, 3.05) is 5.32 Å². The number of rotatable bonds is 4. The number of anilines is 2. The van der Waals surface area contributed by atoms with Crippen LogP contribution in [0.1, 0.15) is 11.1 Å². The van der Waals surface area contributed by atoms with Gasteiger partial charge in [0.15, 0.2) is 0 Å². The van der Waals surface area contributed by atoms with Gasteiger partial charge in [0.25, 0.3) is 5.56 Å². The van der Waals surface area contributed by atoms with Gasteiger partial charge in [-0.05, 0) is 24.3 Å². The Kier molecular flexibility index (Phi) is 4.50.